The molecule has 2 aromatic heterocycles. The van der Waals surface area contributed by atoms with E-state index in [0.29, 0.717) is 15.2 Å². The van der Waals surface area contributed by atoms with Crippen LogP contribution in [0.1, 0.15) is 0 Å². The monoisotopic (exact) mass is 337 g/mol. The van der Waals surface area contributed by atoms with Crippen LogP contribution in [0.15, 0.2) is 40.8 Å². The largest absolute Gasteiger partial charge is 0.322 e. The van der Waals surface area contributed by atoms with E-state index in [1.54, 1.807) is 11.4 Å². The molecule has 0 aliphatic heterocycles. The number of benzene rings is 1. The fourth-order valence-corrected chi connectivity index (χ4v) is 2.84. The molecule has 0 unspecified atom stereocenters. The maximum atomic E-state index is 13.6. The molecule has 0 aliphatic carbocycles. The van der Waals surface area contributed by atoms with Crippen molar-refractivity contribution in [3.63, 3.8) is 0 Å². The van der Waals surface area contributed by atoms with Gasteiger partial charge in [-0.3, -0.25) is 14.2 Å². The van der Waals surface area contributed by atoms with Crippen LogP contribution in [0.4, 0.5) is 10.1 Å². The summed E-state index contributed by atoms with van der Waals surface area (Å²) in [6.07, 6.45) is 1.30. The number of thiophene rings is 1. The third-order valence-corrected chi connectivity index (χ3v) is 4.02. The Morgan fingerprint density at radius 2 is 2.23 bits per heavy atom. The lowest BCUT2D eigenvalue weighted by Gasteiger charge is -2.08. The highest BCUT2D eigenvalue weighted by Crippen LogP contribution is 2.19. The molecule has 112 valence electrons. The number of fused-ring (bicyclic) bond motifs is 1. The van der Waals surface area contributed by atoms with Crippen LogP contribution in [0.5, 0.6) is 0 Å². The molecule has 3 rings (SSSR count). The average molecular weight is 338 g/mol. The molecule has 0 atom stereocenters. The zero-order valence-corrected chi connectivity index (χ0v) is 12.6. The average Bonchev–Trinajstić information content (AvgIpc) is 2.95. The first-order valence-electron chi connectivity index (χ1n) is 6.22. The number of carbonyl (C=O) groups is 1. The SMILES string of the molecule is O=C(Cn1cnc2sccc2c1=O)Nc1cc(Cl)ccc1F. The lowest BCUT2D eigenvalue weighted by molar-refractivity contribution is -0.116. The van der Waals surface area contributed by atoms with Crippen LogP contribution < -0.4 is 10.9 Å². The Bertz CT molecular complexity index is 922. The predicted octanol–water partition coefficient (Wildman–Crippen LogP) is 2.89. The summed E-state index contributed by atoms with van der Waals surface area (Å²) in [4.78, 5) is 28.8. The Morgan fingerprint density at radius 1 is 1.41 bits per heavy atom. The topological polar surface area (TPSA) is 64.0 Å². The van der Waals surface area contributed by atoms with E-state index in [4.69, 9.17) is 11.6 Å². The van der Waals surface area contributed by atoms with Gasteiger partial charge >= 0.3 is 0 Å². The highest BCUT2D eigenvalue weighted by atomic mass is 35.5. The Kier molecular flexibility index (Phi) is 3.91. The van der Waals surface area contributed by atoms with E-state index in [0.717, 1.165) is 6.07 Å². The molecular formula is C14H9ClFN3O2S. The van der Waals surface area contributed by atoms with Crippen LogP contribution in [0.2, 0.25) is 5.02 Å². The summed E-state index contributed by atoms with van der Waals surface area (Å²) in [6.45, 7) is -0.260. The molecule has 0 bridgehead atoms. The Labute approximate surface area is 133 Å². The smallest absolute Gasteiger partial charge is 0.262 e. The second-order valence-corrected chi connectivity index (χ2v) is 5.82. The van der Waals surface area contributed by atoms with Crippen LogP contribution >= 0.6 is 22.9 Å². The fraction of sp³-hybridized carbons (Fsp3) is 0.0714. The molecule has 3 aromatic rings. The molecule has 8 heteroatoms. The summed E-state index contributed by atoms with van der Waals surface area (Å²) in [5, 5.41) is 4.89. The molecule has 0 radical (unpaired) electrons. The number of hydrogen-bond acceptors (Lipinski definition) is 4. The van der Waals surface area contributed by atoms with Crippen LogP contribution in [-0.2, 0) is 11.3 Å². The van der Waals surface area contributed by atoms with Gasteiger partial charge < -0.3 is 5.32 Å². The number of nitrogens with zero attached hydrogens (tertiary/aromatic N) is 2. The summed E-state index contributed by atoms with van der Waals surface area (Å²) in [5.41, 5.74) is -0.344. The van der Waals surface area contributed by atoms with E-state index in [-0.39, 0.29) is 17.8 Å². The molecular weight excluding hydrogens is 329 g/mol. The Hall–Kier alpha value is -2.25. The molecule has 1 amide bonds. The standard InChI is InChI=1S/C14H9ClFN3O2S/c15-8-1-2-10(16)11(5-8)18-12(20)6-19-7-17-13-9(14(19)21)3-4-22-13/h1-5,7H,6H2,(H,18,20). The highest BCUT2D eigenvalue weighted by molar-refractivity contribution is 7.16. The van der Waals surface area contributed by atoms with Crippen molar-refractivity contribution in [1.82, 2.24) is 9.55 Å². The first kappa shape index (κ1) is 14.7. The van der Waals surface area contributed by atoms with Crippen molar-refractivity contribution in [2.75, 3.05) is 5.32 Å². The summed E-state index contributed by atoms with van der Waals surface area (Å²) in [7, 11) is 0. The van der Waals surface area contributed by atoms with Crippen molar-refractivity contribution in [1.29, 1.82) is 0 Å². The number of carbonyl (C=O) groups excluding carboxylic acids is 1. The Morgan fingerprint density at radius 3 is 3.05 bits per heavy atom. The molecule has 22 heavy (non-hydrogen) atoms. The number of halogens is 2. The van der Waals surface area contributed by atoms with Crippen LogP contribution in [-0.4, -0.2) is 15.5 Å². The van der Waals surface area contributed by atoms with E-state index in [1.165, 1.54) is 34.4 Å². The highest BCUT2D eigenvalue weighted by Gasteiger charge is 2.11. The predicted molar refractivity (Wildman–Crippen MR) is 83.9 cm³/mol. The molecule has 0 saturated heterocycles. The normalized spacial score (nSPS) is 10.8. The van der Waals surface area contributed by atoms with Gasteiger partial charge in [0, 0.05) is 5.02 Å². The fourth-order valence-electron chi connectivity index (χ4n) is 1.94. The first-order chi connectivity index (χ1) is 10.5. The van der Waals surface area contributed by atoms with Crippen molar-refractivity contribution in [2.24, 2.45) is 0 Å². The van der Waals surface area contributed by atoms with Crippen molar-refractivity contribution in [2.45, 2.75) is 6.54 Å². The van der Waals surface area contributed by atoms with Gasteiger partial charge in [0.25, 0.3) is 5.56 Å². The second kappa shape index (κ2) is 5.86. The third kappa shape index (κ3) is 2.86. The number of anilines is 1. The first-order valence-corrected chi connectivity index (χ1v) is 7.48. The van der Waals surface area contributed by atoms with Gasteiger partial charge in [-0.1, -0.05) is 11.6 Å². The molecule has 1 aromatic carbocycles. The van der Waals surface area contributed by atoms with Gasteiger partial charge in [-0.2, -0.15) is 0 Å². The molecule has 2 heterocycles. The van der Waals surface area contributed by atoms with E-state index in [1.807, 2.05) is 0 Å². The molecule has 0 spiro atoms. The van der Waals surface area contributed by atoms with E-state index >= 15 is 0 Å². The zero-order chi connectivity index (χ0) is 15.7. The van der Waals surface area contributed by atoms with Gasteiger partial charge in [-0.15, -0.1) is 11.3 Å². The maximum Gasteiger partial charge on any atom is 0.262 e. The summed E-state index contributed by atoms with van der Waals surface area (Å²) in [6, 6.07) is 5.49. The summed E-state index contributed by atoms with van der Waals surface area (Å²) < 4.78 is 14.7. The van der Waals surface area contributed by atoms with E-state index in [2.05, 4.69) is 10.3 Å². The molecule has 0 fully saturated rings. The summed E-state index contributed by atoms with van der Waals surface area (Å²) >= 11 is 7.10. The van der Waals surface area contributed by atoms with Crippen LogP contribution in [0.25, 0.3) is 10.2 Å². The number of rotatable bonds is 3. The molecule has 0 aliphatic rings. The lowest BCUT2D eigenvalue weighted by atomic mass is 10.3. The number of nitrogens with one attached hydrogen (secondary N) is 1. The second-order valence-electron chi connectivity index (χ2n) is 4.49. The van der Waals surface area contributed by atoms with E-state index in [9.17, 15) is 14.0 Å². The minimum absolute atomic E-state index is 0.0323. The Balaban J connectivity index is 1.82. The third-order valence-electron chi connectivity index (χ3n) is 2.97. The lowest BCUT2D eigenvalue weighted by Crippen LogP contribution is -2.27. The zero-order valence-electron chi connectivity index (χ0n) is 11.0. The van der Waals surface area contributed by atoms with Crippen LogP contribution in [0.3, 0.4) is 0 Å². The van der Waals surface area contributed by atoms with Crippen LogP contribution in [0, 0.1) is 5.82 Å². The van der Waals surface area contributed by atoms with Gasteiger partial charge in [0.15, 0.2) is 0 Å². The van der Waals surface area contributed by atoms with E-state index < -0.39 is 11.7 Å². The molecule has 5 nitrogen and oxygen atoms in total. The van der Waals surface area contributed by atoms with Crippen molar-refractivity contribution in [3.8, 4) is 0 Å². The van der Waals surface area contributed by atoms with Crippen molar-refractivity contribution in [3.05, 3.63) is 57.2 Å². The van der Waals surface area contributed by atoms with Gasteiger partial charge in [0.05, 0.1) is 17.4 Å². The van der Waals surface area contributed by atoms with Crippen molar-refractivity contribution < 1.29 is 9.18 Å². The molecule has 1 N–H and O–H groups in total. The van der Waals surface area contributed by atoms with Gasteiger partial charge in [0.2, 0.25) is 5.91 Å². The van der Waals surface area contributed by atoms with Gasteiger partial charge in [-0.25, -0.2) is 9.37 Å². The quantitative estimate of drug-likeness (QED) is 0.799. The maximum absolute atomic E-state index is 13.6. The minimum atomic E-state index is -0.600. The minimum Gasteiger partial charge on any atom is -0.322 e. The van der Waals surface area contributed by atoms with Gasteiger partial charge in [-0.05, 0) is 29.6 Å². The number of hydrogen-bond donors (Lipinski definition) is 1. The van der Waals surface area contributed by atoms with Crippen molar-refractivity contribution >= 4 is 44.7 Å². The number of amides is 1. The van der Waals surface area contributed by atoms with Gasteiger partial charge in [0.1, 0.15) is 17.2 Å². The summed E-state index contributed by atoms with van der Waals surface area (Å²) in [5.74, 6) is -1.14. The number of aromatic nitrogens is 2. The molecule has 0 saturated carbocycles.